The van der Waals surface area contributed by atoms with Gasteiger partial charge in [-0.15, -0.1) is 0 Å². The Morgan fingerprint density at radius 3 is 2.43 bits per heavy atom. The van der Waals surface area contributed by atoms with E-state index in [1.807, 2.05) is 25.1 Å². The van der Waals surface area contributed by atoms with Crippen molar-refractivity contribution >= 4 is 33.3 Å². The van der Waals surface area contributed by atoms with Gasteiger partial charge in [0.05, 0.1) is 0 Å². The van der Waals surface area contributed by atoms with Crippen LogP contribution in [0.15, 0.2) is 28.7 Å². The summed E-state index contributed by atoms with van der Waals surface area (Å²) in [5.74, 6) is 2.56. The Balaban J connectivity index is 2.29. The molecular formula is C16H21BrN4. The van der Waals surface area contributed by atoms with Crippen molar-refractivity contribution < 1.29 is 0 Å². The lowest BCUT2D eigenvalue weighted by Crippen LogP contribution is -2.23. The van der Waals surface area contributed by atoms with Crippen LogP contribution in [-0.4, -0.2) is 23.1 Å². The van der Waals surface area contributed by atoms with E-state index >= 15 is 0 Å². The minimum absolute atomic E-state index is 0.774. The van der Waals surface area contributed by atoms with Gasteiger partial charge in [0.25, 0.3) is 0 Å². The highest BCUT2D eigenvalue weighted by molar-refractivity contribution is 9.10. The smallest absolute Gasteiger partial charge is 0.136 e. The van der Waals surface area contributed by atoms with Gasteiger partial charge in [0, 0.05) is 29.3 Å². The van der Waals surface area contributed by atoms with Crippen molar-refractivity contribution in [3.8, 4) is 0 Å². The largest absolute Gasteiger partial charge is 0.357 e. The zero-order valence-electron chi connectivity index (χ0n) is 12.9. The molecule has 1 N–H and O–H groups in total. The highest BCUT2D eigenvalue weighted by Crippen LogP contribution is 2.24. The van der Waals surface area contributed by atoms with Crippen molar-refractivity contribution in [1.82, 2.24) is 9.97 Å². The van der Waals surface area contributed by atoms with E-state index in [0.717, 1.165) is 40.7 Å². The minimum atomic E-state index is 0.774. The summed E-state index contributed by atoms with van der Waals surface area (Å²) in [6, 6.07) is 8.17. The van der Waals surface area contributed by atoms with Crippen molar-refractivity contribution in [3.63, 3.8) is 0 Å². The lowest BCUT2D eigenvalue weighted by Gasteiger charge is -2.20. The average Bonchev–Trinajstić information content (AvgIpc) is 2.44. The standard InChI is InChI=1S/C16H21BrN4/c1-5-21(6-2)16-10-15(18-12(4)19-16)20-13-7-8-14(17)11(3)9-13/h7-10H,5-6H2,1-4H3,(H,18,19,20). The molecule has 0 radical (unpaired) electrons. The minimum Gasteiger partial charge on any atom is -0.357 e. The quantitative estimate of drug-likeness (QED) is 0.866. The van der Waals surface area contributed by atoms with Crippen LogP contribution in [0.2, 0.25) is 0 Å². The molecule has 2 aromatic rings. The van der Waals surface area contributed by atoms with Crippen molar-refractivity contribution in [2.75, 3.05) is 23.3 Å². The van der Waals surface area contributed by atoms with Gasteiger partial charge in [-0.25, -0.2) is 9.97 Å². The van der Waals surface area contributed by atoms with Gasteiger partial charge in [0.1, 0.15) is 17.5 Å². The monoisotopic (exact) mass is 348 g/mol. The third-order valence-corrected chi connectivity index (χ3v) is 4.23. The van der Waals surface area contributed by atoms with Gasteiger partial charge >= 0.3 is 0 Å². The van der Waals surface area contributed by atoms with Crippen LogP contribution in [-0.2, 0) is 0 Å². The summed E-state index contributed by atoms with van der Waals surface area (Å²) in [5, 5.41) is 3.36. The van der Waals surface area contributed by atoms with Gasteiger partial charge in [0.2, 0.25) is 0 Å². The topological polar surface area (TPSA) is 41.0 Å². The van der Waals surface area contributed by atoms with Crippen LogP contribution in [0.25, 0.3) is 0 Å². The summed E-state index contributed by atoms with van der Waals surface area (Å²) in [5.41, 5.74) is 2.22. The van der Waals surface area contributed by atoms with Crippen molar-refractivity contribution in [3.05, 3.63) is 40.1 Å². The molecular weight excluding hydrogens is 328 g/mol. The first-order valence-corrected chi connectivity index (χ1v) is 7.96. The number of aryl methyl sites for hydroxylation is 2. The van der Waals surface area contributed by atoms with Crippen molar-refractivity contribution in [1.29, 1.82) is 0 Å². The SMILES string of the molecule is CCN(CC)c1cc(Nc2ccc(Br)c(C)c2)nc(C)n1. The van der Waals surface area contributed by atoms with Gasteiger partial charge < -0.3 is 10.2 Å². The van der Waals surface area contributed by atoms with Crippen molar-refractivity contribution in [2.24, 2.45) is 0 Å². The normalized spacial score (nSPS) is 10.5. The average molecular weight is 349 g/mol. The third-order valence-electron chi connectivity index (χ3n) is 3.34. The summed E-state index contributed by atoms with van der Waals surface area (Å²) in [7, 11) is 0. The molecule has 112 valence electrons. The second-order valence-corrected chi connectivity index (χ2v) is 5.77. The summed E-state index contributed by atoms with van der Waals surface area (Å²) in [4.78, 5) is 11.2. The Kier molecular flexibility index (Phi) is 5.17. The van der Waals surface area contributed by atoms with Crippen LogP contribution in [0.4, 0.5) is 17.3 Å². The molecule has 0 bridgehead atoms. The lowest BCUT2D eigenvalue weighted by atomic mass is 10.2. The molecule has 0 unspecified atom stereocenters. The van der Waals surface area contributed by atoms with Gasteiger partial charge in [-0.2, -0.15) is 0 Å². The predicted molar refractivity (Wildman–Crippen MR) is 92.5 cm³/mol. The molecule has 2 rings (SSSR count). The Labute approximate surface area is 134 Å². The fraction of sp³-hybridized carbons (Fsp3) is 0.375. The summed E-state index contributed by atoms with van der Waals surface area (Å²) < 4.78 is 1.11. The second-order valence-electron chi connectivity index (χ2n) is 4.92. The number of hydrogen-bond acceptors (Lipinski definition) is 4. The molecule has 1 heterocycles. The molecule has 1 aromatic heterocycles. The predicted octanol–water partition coefficient (Wildman–Crippen LogP) is 4.45. The Morgan fingerprint density at radius 1 is 1.10 bits per heavy atom. The lowest BCUT2D eigenvalue weighted by molar-refractivity contribution is 0.835. The van der Waals surface area contributed by atoms with E-state index in [1.165, 1.54) is 5.56 Å². The van der Waals surface area contributed by atoms with Crippen molar-refractivity contribution in [2.45, 2.75) is 27.7 Å². The maximum Gasteiger partial charge on any atom is 0.136 e. The van der Waals surface area contributed by atoms with E-state index in [9.17, 15) is 0 Å². The van der Waals surface area contributed by atoms with Crippen LogP contribution >= 0.6 is 15.9 Å². The highest BCUT2D eigenvalue weighted by atomic mass is 79.9. The molecule has 0 aliphatic carbocycles. The van der Waals surface area contributed by atoms with Crippen LogP contribution in [0.1, 0.15) is 25.2 Å². The first-order valence-electron chi connectivity index (χ1n) is 7.17. The summed E-state index contributed by atoms with van der Waals surface area (Å²) in [6.45, 7) is 10.1. The zero-order chi connectivity index (χ0) is 15.4. The molecule has 0 amide bonds. The second kappa shape index (κ2) is 6.89. The maximum atomic E-state index is 4.52. The Hall–Kier alpha value is -1.62. The molecule has 0 saturated heterocycles. The van der Waals surface area contributed by atoms with E-state index in [4.69, 9.17) is 0 Å². The van der Waals surface area contributed by atoms with E-state index in [-0.39, 0.29) is 0 Å². The maximum absolute atomic E-state index is 4.52. The fourth-order valence-electron chi connectivity index (χ4n) is 2.20. The molecule has 0 aliphatic rings. The number of hydrogen-bond donors (Lipinski definition) is 1. The summed E-state index contributed by atoms with van der Waals surface area (Å²) in [6.07, 6.45) is 0. The number of halogens is 1. The van der Waals surface area contributed by atoms with Crippen LogP contribution in [0.3, 0.4) is 0 Å². The summed E-state index contributed by atoms with van der Waals surface area (Å²) >= 11 is 3.52. The molecule has 4 nitrogen and oxygen atoms in total. The third kappa shape index (κ3) is 3.94. The Morgan fingerprint density at radius 2 is 1.81 bits per heavy atom. The van der Waals surface area contributed by atoms with Crippen LogP contribution in [0, 0.1) is 13.8 Å². The molecule has 0 spiro atoms. The van der Waals surface area contributed by atoms with Gasteiger partial charge in [-0.1, -0.05) is 15.9 Å². The molecule has 0 aliphatic heterocycles. The number of anilines is 3. The molecule has 0 atom stereocenters. The first kappa shape index (κ1) is 15.8. The molecule has 1 aromatic carbocycles. The molecule has 0 fully saturated rings. The van der Waals surface area contributed by atoms with Gasteiger partial charge in [0.15, 0.2) is 0 Å². The van der Waals surface area contributed by atoms with Crippen LogP contribution < -0.4 is 10.2 Å². The molecule has 5 heteroatoms. The van der Waals surface area contributed by atoms with E-state index in [1.54, 1.807) is 0 Å². The first-order chi connectivity index (χ1) is 10.0. The number of nitrogens with one attached hydrogen (secondary N) is 1. The number of nitrogens with zero attached hydrogens (tertiary/aromatic N) is 3. The molecule has 0 saturated carbocycles. The Bertz CT molecular complexity index is 624. The van der Waals surface area contributed by atoms with Gasteiger partial charge in [-0.05, 0) is 51.5 Å². The van der Waals surface area contributed by atoms with Gasteiger partial charge in [-0.3, -0.25) is 0 Å². The fourth-order valence-corrected chi connectivity index (χ4v) is 2.44. The zero-order valence-corrected chi connectivity index (χ0v) is 14.5. The van der Waals surface area contributed by atoms with E-state index < -0.39 is 0 Å². The number of benzene rings is 1. The van der Waals surface area contributed by atoms with E-state index in [2.05, 4.69) is 63.0 Å². The number of aromatic nitrogens is 2. The van der Waals surface area contributed by atoms with Crippen LogP contribution in [0.5, 0.6) is 0 Å². The highest BCUT2D eigenvalue weighted by Gasteiger charge is 2.08. The van der Waals surface area contributed by atoms with E-state index in [0.29, 0.717) is 0 Å². The number of rotatable bonds is 5. The molecule has 21 heavy (non-hydrogen) atoms.